The Morgan fingerprint density at radius 3 is 2.75 bits per heavy atom. The van der Waals surface area contributed by atoms with Crippen molar-refractivity contribution in [2.45, 2.75) is 6.61 Å². The van der Waals surface area contributed by atoms with Gasteiger partial charge >= 0.3 is 0 Å². The fourth-order valence-corrected chi connectivity index (χ4v) is 2.42. The summed E-state index contributed by atoms with van der Waals surface area (Å²) in [5.41, 5.74) is 8.30. The molecule has 0 fully saturated rings. The average Bonchev–Trinajstić information content (AvgIpc) is 2.55. The maximum absolute atomic E-state index is 11.9. The molecular formula is C17H19BrN4O2. The zero-order valence-electron chi connectivity index (χ0n) is 13.3. The molecule has 7 heteroatoms. The van der Waals surface area contributed by atoms with Crippen LogP contribution in [0.25, 0.3) is 0 Å². The lowest BCUT2D eigenvalue weighted by molar-refractivity contribution is -0.114. The molecule has 0 radical (unpaired) electrons. The number of nitrogens with one attached hydrogen (secondary N) is 2. The number of rotatable bonds is 6. The molecule has 1 amide bonds. The fourth-order valence-electron chi connectivity index (χ4n) is 2.02. The molecule has 2 aromatic rings. The minimum absolute atomic E-state index is 0.0716. The van der Waals surface area contributed by atoms with E-state index in [2.05, 4.69) is 31.6 Å². The van der Waals surface area contributed by atoms with Crippen molar-refractivity contribution in [2.75, 3.05) is 24.3 Å². The second kappa shape index (κ2) is 9.05. The van der Waals surface area contributed by atoms with Gasteiger partial charge in [-0.25, -0.2) is 4.99 Å². The summed E-state index contributed by atoms with van der Waals surface area (Å²) in [6.45, 7) is 0.387. The van der Waals surface area contributed by atoms with Gasteiger partial charge in [-0.3, -0.25) is 4.79 Å². The van der Waals surface area contributed by atoms with E-state index < -0.39 is 0 Å². The Morgan fingerprint density at radius 2 is 2.00 bits per heavy atom. The summed E-state index contributed by atoms with van der Waals surface area (Å²) in [5.74, 6) is -0.0778. The summed E-state index contributed by atoms with van der Waals surface area (Å²) < 4.78 is 6.02. The van der Waals surface area contributed by atoms with E-state index >= 15 is 0 Å². The van der Waals surface area contributed by atoms with E-state index in [0.29, 0.717) is 12.3 Å². The number of aliphatic imine (C=N–C) groups is 1. The number of carbonyl (C=O) groups excluding carboxylic acids is 1. The van der Waals surface area contributed by atoms with Gasteiger partial charge in [0.1, 0.15) is 6.54 Å². The number of benzene rings is 2. The molecule has 0 aromatic heterocycles. The molecule has 4 N–H and O–H groups in total. The predicted octanol–water partition coefficient (Wildman–Crippen LogP) is 2.96. The minimum Gasteiger partial charge on any atom is -0.380 e. The highest BCUT2D eigenvalue weighted by molar-refractivity contribution is 9.10. The average molecular weight is 391 g/mol. The van der Waals surface area contributed by atoms with Crippen molar-refractivity contribution in [3.8, 4) is 0 Å². The van der Waals surface area contributed by atoms with Crippen LogP contribution in [0.3, 0.4) is 0 Å². The number of hydrogen-bond donors (Lipinski definition) is 3. The van der Waals surface area contributed by atoms with Crippen LogP contribution in [-0.4, -0.2) is 25.5 Å². The summed E-state index contributed by atoms with van der Waals surface area (Å²) in [5, 5.41) is 5.74. The third kappa shape index (κ3) is 5.68. The van der Waals surface area contributed by atoms with Crippen LogP contribution >= 0.6 is 15.9 Å². The number of guanidine groups is 1. The Bertz CT molecular complexity index is 734. The number of para-hydroxylation sites is 1. The van der Waals surface area contributed by atoms with Crippen molar-refractivity contribution < 1.29 is 9.53 Å². The van der Waals surface area contributed by atoms with Crippen molar-refractivity contribution in [1.82, 2.24) is 0 Å². The number of hydrogen-bond acceptors (Lipinski definition) is 3. The van der Waals surface area contributed by atoms with Crippen LogP contribution in [0.4, 0.5) is 11.4 Å². The zero-order chi connectivity index (χ0) is 17.4. The third-order valence-electron chi connectivity index (χ3n) is 3.08. The minimum atomic E-state index is -0.247. The Morgan fingerprint density at radius 1 is 1.21 bits per heavy atom. The molecule has 0 saturated heterocycles. The predicted molar refractivity (Wildman–Crippen MR) is 100 cm³/mol. The lowest BCUT2D eigenvalue weighted by atomic mass is 10.2. The van der Waals surface area contributed by atoms with Crippen molar-refractivity contribution in [1.29, 1.82) is 0 Å². The van der Waals surface area contributed by atoms with Crippen LogP contribution in [0.1, 0.15) is 5.56 Å². The first-order valence-electron chi connectivity index (χ1n) is 7.27. The van der Waals surface area contributed by atoms with Crippen LogP contribution < -0.4 is 16.4 Å². The highest BCUT2D eigenvalue weighted by Gasteiger charge is 2.05. The van der Waals surface area contributed by atoms with E-state index in [1.165, 1.54) is 0 Å². The summed E-state index contributed by atoms with van der Waals surface area (Å²) in [4.78, 5) is 16.0. The number of carbonyl (C=O) groups is 1. The molecule has 126 valence electrons. The highest BCUT2D eigenvalue weighted by Crippen LogP contribution is 2.16. The Hall–Kier alpha value is -2.38. The lowest BCUT2D eigenvalue weighted by Crippen LogP contribution is -2.26. The Kier molecular flexibility index (Phi) is 6.77. The van der Waals surface area contributed by atoms with Gasteiger partial charge in [-0.2, -0.15) is 0 Å². The first-order valence-corrected chi connectivity index (χ1v) is 8.07. The molecule has 0 aliphatic rings. The maximum atomic E-state index is 11.9. The van der Waals surface area contributed by atoms with Crippen LogP contribution in [-0.2, 0) is 16.1 Å². The van der Waals surface area contributed by atoms with Crippen molar-refractivity contribution >= 4 is 39.2 Å². The molecule has 6 nitrogen and oxygen atoms in total. The second-order valence-electron chi connectivity index (χ2n) is 4.98. The van der Waals surface area contributed by atoms with E-state index in [4.69, 9.17) is 10.5 Å². The molecule has 0 spiro atoms. The lowest BCUT2D eigenvalue weighted by Gasteiger charge is -2.11. The summed E-state index contributed by atoms with van der Waals surface area (Å²) in [7, 11) is 1.63. The molecule has 0 bridgehead atoms. The maximum Gasteiger partial charge on any atom is 0.246 e. The standard InChI is InChI=1S/C17H19BrN4O2/c1-24-11-12-5-2-3-8-15(12)22-17(19)20-10-16(23)21-14-7-4-6-13(18)9-14/h2-9H,10-11H2,1H3,(H,21,23)(H3,19,20,22). The molecule has 0 aliphatic heterocycles. The summed E-state index contributed by atoms with van der Waals surface area (Å²) in [6.07, 6.45) is 0. The van der Waals surface area contributed by atoms with Crippen molar-refractivity contribution in [3.05, 3.63) is 58.6 Å². The van der Waals surface area contributed by atoms with Gasteiger partial charge in [-0.15, -0.1) is 0 Å². The van der Waals surface area contributed by atoms with E-state index in [9.17, 15) is 4.79 Å². The number of methoxy groups -OCH3 is 1. The molecule has 0 unspecified atom stereocenters. The smallest absolute Gasteiger partial charge is 0.246 e. The number of ether oxygens (including phenoxy) is 1. The SMILES string of the molecule is COCc1ccccc1NC(N)=NCC(=O)Nc1cccc(Br)c1. The third-order valence-corrected chi connectivity index (χ3v) is 3.57. The zero-order valence-corrected chi connectivity index (χ0v) is 14.8. The number of nitrogens with two attached hydrogens (primary N) is 1. The van der Waals surface area contributed by atoms with Gasteiger partial charge in [0.05, 0.1) is 6.61 Å². The monoisotopic (exact) mass is 390 g/mol. The van der Waals surface area contributed by atoms with Gasteiger partial charge in [-0.05, 0) is 24.3 Å². The molecule has 2 rings (SSSR count). The molecule has 2 aromatic carbocycles. The summed E-state index contributed by atoms with van der Waals surface area (Å²) >= 11 is 3.35. The van der Waals surface area contributed by atoms with Crippen LogP contribution in [0.15, 0.2) is 58.0 Å². The highest BCUT2D eigenvalue weighted by atomic mass is 79.9. The number of anilines is 2. The molecule has 24 heavy (non-hydrogen) atoms. The van der Waals surface area contributed by atoms with E-state index in [0.717, 1.165) is 15.7 Å². The molecular weight excluding hydrogens is 372 g/mol. The van der Waals surface area contributed by atoms with Crippen molar-refractivity contribution in [2.24, 2.45) is 10.7 Å². The van der Waals surface area contributed by atoms with Crippen LogP contribution in [0.2, 0.25) is 0 Å². The number of nitrogens with zero attached hydrogens (tertiary/aromatic N) is 1. The van der Waals surface area contributed by atoms with Crippen LogP contribution in [0.5, 0.6) is 0 Å². The fraction of sp³-hybridized carbons (Fsp3) is 0.176. The number of amides is 1. The first-order chi connectivity index (χ1) is 11.6. The normalized spacial score (nSPS) is 11.2. The van der Waals surface area contributed by atoms with Gasteiger partial charge in [0.25, 0.3) is 0 Å². The van der Waals surface area contributed by atoms with E-state index in [1.54, 1.807) is 13.2 Å². The topological polar surface area (TPSA) is 88.7 Å². The quantitative estimate of drug-likeness (QED) is 0.522. The van der Waals surface area contributed by atoms with Crippen LogP contribution in [0, 0.1) is 0 Å². The van der Waals surface area contributed by atoms with E-state index in [-0.39, 0.29) is 18.4 Å². The molecule has 0 saturated carbocycles. The van der Waals surface area contributed by atoms with Crippen molar-refractivity contribution in [3.63, 3.8) is 0 Å². The summed E-state index contributed by atoms with van der Waals surface area (Å²) in [6, 6.07) is 14.9. The molecule has 0 atom stereocenters. The Balaban J connectivity index is 1.93. The molecule has 0 aliphatic carbocycles. The van der Waals surface area contributed by atoms with Gasteiger partial charge < -0.3 is 21.1 Å². The van der Waals surface area contributed by atoms with Gasteiger partial charge in [-0.1, -0.05) is 40.2 Å². The number of halogens is 1. The first kappa shape index (κ1) is 18.0. The van der Waals surface area contributed by atoms with Gasteiger partial charge in [0.2, 0.25) is 5.91 Å². The van der Waals surface area contributed by atoms with Gasteiger partial charge in [0.15, 0.2) is 5.96 Å². The largest absolute Gasteiger partial charge is 0.380 e. The second-order valence-corrected chi connectivity index (χ2v) is 5.89. The molecule has 0 heterocycles. The Labute approximate surface area is 149 Å². The van der Waals surface area contributed by atoms with Gasteiger partial charge in [0, 0.05) is 28.5 Å². The van der Waals surface area contributed by atoms with E-state index in [1.807, 2.05) is 42.5 Å².